The Hall–Kier alpha value is -2.15. The lowest BCUT2D eigenvalue weighted by molar-refractivity contribution is -0.116. The summed E-state index contributed by atoms with van der Waals surface area (Å²) >= 11 is 3.11. The molecule has 2 rings (SSSR count). The molecular formula is C13H13BrN4O2. The number of nitrogens with two attached hydrogens (primary N) is 1. The fourth-order valence-corrected chi connectivity index (χ4v) is 1.94. The lowest BCUT2D eigenvalue weighted by atomic mass is 10.3. The second-order valence-electron chi connectivity index (χ2n) is 4.16. The molecule has 1 heterocycles. The zero-order valence-corrected chi connectivity index (χ0v) is 12.1. The third-order valence-corrected chi connectivity index (χ3v) is 3.18. The number of anilines is 2. The van der Waals surface area contributed by atoms with Crippen molar-refractivity contribution >= 4 is 33.2 Å². The number of halogens is 1. The van der Waals surface area contributed by atoms with Gasteiger partial charge in [0, 0.05) is 30.5 Å². The summed E-state index contributed by atoms with van der Waals surface area (Å²) in [5.41, 5.74) is 6.66. The topological polar surface area (TPSA) is 90.0 Å². The van der Waals surface area contributed by atoms with Gasteiger partial charge in [-0.2, -0.15) is 0 Å². The Balaban J connectivity index is 1.94. The molecule has 104 valence electrons. The van der Waals surface area contributed by atoms with Crippen molar-refractivity contribution < 1.29 is 4.79 Å². The second-order valence-corrected chi connectivity index (χ2v) is 5.01. The highest BCUT2D eigenvalue weighted by Gasteiger charge is 2.05. The van der Waals surface area contributed by atoms with E-state index in [4.69, 9.17) is 5.73 Å². The Morgan fingerprint density at radius 2 is 2.05 bits per heavy atom. The largest absolute Gasteiger partial charge is 0.399 e. The molecule has 0 saturated heterocycles. The quantitative estimate of drug-likeness (QED) is 0.830. The van der Waals surface area contributed by atoms with E-state index < -0.39 is 0 Å². The Bertz CT molecular complexity index is 667. The van der Waals surface area contributed by atoms with E-state index in [2.05, 4.69) is 26.2 Å². The Morgan fingerprint density at radius 3 is 2.75 bits per heavy atom. The molecule has 0 aliphatic rings. The SMILES string of the molecule is Nc1ccc(NC(=O)CCn2cncc(Br)c2=O)cc1. The maximum atomic E-state index is 11.8. The molecule has 1 aromatic carbocycles. The summed E-state index contributed by atoms with van der Waals surface area (Å²) in [6.07, 6.45) is 3.01. The summed E-state index contributed by atoms with van der Waals surface area (Å²) in [5.74, 6) is -0.179. The summed E-state index contributed by atoms with van der Waals surface area (Å²) in [6.45, 7) is 0.270. The van der Waals surface area contributed by atoms with Crippen LogP contribution in [0.4, 0.5) is 11.4 Å². The minimum absolute atomic E-state index is 0.179. The molecule has 0 unspecified atom stereocenters. The number of carbonyl (C=O) groups is 1. The molecule has 0 radical (unpaired) electrons. The number of carbonyl (C=O) groups excluding carboxylic acids is 1. The Kier molecular flexibility index (Phi) is 4.52. The minimum Gasteiger partial charge on any atom is -0.399 e. The molecule has 1 amide bonds. The van der Waals surface area contributed by atoms with Crippen LogP contribution in [0.3, 0.4) is 0 Å². The first kappa shape index (κ1) is 14.3. The number of nitrogens with one attached hydrogen (secondary N) is 1. The molecule has 0 aliphatic carbocycles. The maximum Gasteiger partial charge on any atom is 0.267 e. The zero-order valence-electron chi connectivity index (χ0n) is 10.5. The van der Waals surface area contributed by atoms with Crippen molar-refractivity contribution in [3.05, 3.63) is 51.6 Å². The molecule has 20 heavy (non-hydrogen) atoms. The molecule has 2 aromatic rings. The van der Waals surface area contributed by atoms with Crippen LogP contribution in [-0.2, 0) is 11.3 Å². The van der Waals surface area contributed by atoms with Crippen molar-refractivity contribution in [3.63, 3.8) is 0 Å². The van der Waals surface area contributed by atoms with Gasteiger partial charge in [0.15, 0.2) is 0 Å². The van der Waals surface area contributed by atoms with Gasteiger partial charge in [-0.25, -0.2) is 4.98 Å². The molecule has 6 nitrogen and oxygen atoms in total. The molecule has 3 N–H and O–H groups in total. The average molecular weight is 337 g/mol. The number of hydrogen-bond donors (Lipinski definition) is 2. The van der Waals surface area contributed by atoms with Gasteiger partial charge in [-0.3, -0.25) is 14.2 Å². The van der Waals surface area contributed by atoms with Gasteiger partial charge < -0.3 is 11.1 Å². The fourth-order valence-electron chi connectivity index (χ4n) is 1.60. The summed E-state index contributed by atoms with van der Waals surface area (Å²) in [7, 11) is 0. The van der Waals surface area contributed by atoms with Crippen molar-refractivity contribution in [3.8, 4) is 0 Å². The van der Waals surface area contributed by atoms with Crippen LogP contribution in [0.1, 0.15) is 6.42 Å². The van der Waals surface area contributed by atoms with Gasteiger partial charge in [0.25, 0.3) is 5.56 Å². The van der Waals surface area contributed by atoms with Crippen LogP contribution < -0.4 is 16.6 Å². The van der Waals surface area contributed by atoms with E-state index in [0.29, 0.717) is 15.8 Å². The molecule has 0 bridgehead atoms. The number of amides is 1. The normalized spacial score (nSPS) is 10.2. The molecule has 0 aliphatic heterocycles. The fraction of sp³-hybridized carbons (Fsp3) is 0.154. The highest BCUT2D eigenvalue weighted by molar-refractivity contribution is 9.10. The first-order valence-electron chi connectivity index (χ1n) is 5.91. The Morgan fingerprint density at radius 1 is 1.35 bits per heavy atom. The highest BCUT2D eigenvalue weighted by atomic mass is 79.9. The van der Waals surface area contributed by atoms with E-state index in [1.54, 1.807) is 24.3 Å². The summed E-state index contributed by atoms with van der Waals surface area (Å²) in [4.78, 5) is 27.4. The van der Waals surface area contributed by atoms with Crippen LogP contribution in [-0.4, -0.2) is 15.5 Å². The maximum absolute atomic E-state index is 11.8. The number of hydrogen-bond acceptors (Lipinski definition) is 4. The Labute approximate surface area is 123 Å². The van der Waals surface area contributed by atoms with Crippen LogP contribution in [0.2, 0.25) is 0 Å². The lowest BCUT2D eigenvalue weighted by Gasteiger charge is -2.07. The third-order valence-electron chi connectivity index (χ3n) is 2.63. The van der Waals surface area contributed by atoms with Crippen molar-refractivity contribution in [1.82, 2.24) is 9.55 Å². The van der Waals surface area contributed by atoms with Crippen LogP contribution in [0.5, 0.6) is 0 Å². The number of benzene rings is 1. The number of aryl methyl sites for hydroxylation is 1. The van der Waals surface area contributed by atoms with Crippen LogP contribution in [0, 0.1) is 0 Å². The van der Waals surface area contributed by atoms with Gasteiger partial charge in [-0.15, -0.1) is 0 Å². The van der Waals surface area contributed by atoms with E-state index >= 15 is 0 Å². The first-order valence-corrected chi connectivity index (χ1v) is 6.71. The number of nitrogen functional groups attached to an aromatic ring is 1. The number of rotatable bonds is 4. The van der Waals surface area contributed by atoms with Gasteiger partial charge in [0.1, 0.15) is 4.47 Å². The monoisotopic (exact) mass is 336 g/mol. The minimum atomic E-state index is -0.208. The average Bonchev–Trinajstić information content (AvgIpc) is 2.43. The third kappa shape index (κ3) is 3.67. The van der Waals surface area contributed by atoms with E-state index in [0.717, 1.165) is 0 Å². The summed E-state index contributed by atoms with van der Waals surface area (Å²) in [5, 5.41) is 2.73. The van der Waals surface area contributed by atoms with Crippen LogP contribution in [0.15, 0.2) is 46.1 Å². The second kappa shape index (κ2) is 6.33. The highest BCUT2D eigenvalue weighted by Crippen LogP contribution is 2.10. The first-order chi connectivity index (χ1) is 9.56. The molecular weight excluding hydrogens is 324 g/mol. The van der Waals surface area contributed by atoms with Gasteiger partial charge in [0.05, 0.1) is 6.33 Å². The van der Waals surface area contributed by atoms with E-state index in [1.165, 1.54) is 17.1 Å². The van der Waals surface area contributed by atoms with E-state index in [1.807, 2.05) is 0 Å². The summed E-state index contributed by atoms with van der Waals surface area (Å²) < 4.78 is 1.76. The van der Waals surface area contributed by atoms with Crippen molar-refractivity contribution in [2.45, 2.75) is 13.0 Å². The number of aromatic nitrogens is 2. The molecule has 0 fully saturated rings. The van der Waals surface area contributed by atoms with Crippen molar-refractivity contribution in [1.29, 1.82) is 0 Å². The summed E-state index contributed by atoms with van der Waals surface area (Å²) in [6, 6.07) is 6.86. The van der Waals surface area contributed by atoms with Gasteiger partial charge in [-0.1, -0.05) is 0 Å². The number of nitrogens with zero attached hydrogens (tertiary/aromatic N) is 2. The smallest absolute Gasteiger partial charge is 0.267 e. The molecule has 0 spiro atoms. The van der Waals surface area contributed by atoms with Crippen LogP contribution in [0.25, 0.3) is 0 Å². The van der Waals surface area contributed by atoms with Gasteiger partial charge in [0.2, 0.25) is 5.91 Å². The standard InChI is InChI=1S/C13H13BrN4O2/c14-11-7-16-8-18(13(11)20)6-5-12(19)17-10-3-1-9(15)2-4-10/h1-4,7-8H,5-6,15H2,(H,17,19). The molecule has 1 aromatic heterocycles. The van der Waals surface area contributed by atoms with Crippen molar-refractivity contribution in [2.75, 3.05) is 11.1 Å². The van der Waals surface area contributed by atoms with Gasteiger partial charge in [-0.05, 0) is 40.2 Å². The molecule has 0 saturated carbocycles. The zero-order chi connectivity index (χ0) is 14.5. The van der Waals surface area contributed by atoms with Crippen molar-refractivity contribution in [2.24, 2.45) is 0 Å². The lowest BCUT2D eigenvalue weighted by Crippen LogP contribution is -2.23. The predicted molar refractivity (Wildman–Crippen MR) is 80.3 cm³/mol. The van der Waals surface area contributed by atoms with Gasteiger partial charge >= 0.3 is 0 Å². The van der Waals surface area contributed by atoms with E-state index in [9.17, 15) is 9.59 Å². The van der Waals surface area contributed by atoms with Crippen LogP contribution >= 0.6 is 15.9 Å². The molecule has 7 heteroatoms. The van der Waals surface area contributed by atoms with E-state index in [-0.39, 0.29) is 24.4 Å². The predicted octanol–water partition coefficient (Wildman–Crippen LogP) is 1.62. The molecule has 0 atom stereocenters.